The maximum atomic E-state index is 11.7. The first-order valence-corrected chi connectivity index (χ1v) is 6.58. The van der Waals surface area contributed by atoms with Crippen molar-refractivity contribution >= 4 is 22.4 Å². The highest BCUT2D eigenvalue weighted by molar-refractivity contribution is 7.89. The van der Waals surface area contributed by atoms with Crippen LogP contribution in [0.4, 0.5) is 0 Å². The van der Waals surface area contributed by atoms with Crippen LogP contribution >= 0.6 is 12.4 Å². The molecule has 0 fully saturated rings. The lowest BCUT2D eigenvalue weighted by molar-refractivity contribution is 0.392. The molecule has 0 aromatic heterocycles. The van der Waals surface area contributed by atoms with E-state index in [1.165, 1.54) is 4.31 Å². The molecule has 1 unspecified atom stereocenters. The van der Waals surface area contributed by atoms with Gasteiger partial charge in [-0.15, -0.1) is 12.4 Å². The Bertz CT molecular complexity index is 255. The third kappa shape index (κ3) is 6.35. The van der Waals surface area contributed by atoms with E-state index in [1.54, 1.807) is 7.05 Å². The monoisotopic (exact) mass is 258 g/mol. The molecule has 0 radical (unpaired) electrons. The molecular weight excluding hydrogens is 236 g/mol. The van der Waals surface area contributed by atoms with Gasteiger partial charge in [0.15, 0.2) is 0 Å². The van der Waals surface area contributed by atoms with E-state index >= 15 is 0 Å². The highest BCUT2D eigenvalue weighted by atomic mass is 35.5. The first kappa shape index (κ1) is 17.6. The molecule has 2 N–H and O–H groups in total. The SMILES string of the molecule is CC(C)CCS(=O)(=O)N(C)C(C)CN.Cl. The van der Waals surface area contributed by atoms with Crippen LogP contribution in [0.2, 0.25) is 0 Å². The van der Waals surface area contributed by atoms with Crippen LogP contribution in [0, 0.1) is 5.92 Å². The van der Waals surface area contributed by atoms with Crippen LogP contribution in [0.15, 0.2) is 0 Å². The molecule has 0 aliphatic carbocycles. The number of likely N-dealkylation sites (N-methyl/N-ethyl adjacent to an activating group) is 1. The zero-order valence-corrected chi connectivity index (χ0v) is 11.6. The molecule has 0 aromatic carbocycles. The Morgan fingerprint density at radius 2 is 1.73 bits per heavy atom. The Morgan fingerprint density at radius 3 is 2.07 bits per heavy atom. The van der Waals surface area contributed by atoms with Gasteiger partial charge in [-0.05, 0) is 19.3 Å². The van der Waals surface area contributed by atoms with E-state index in [9.17, 15) is 8.42 Å². The van der Waals surface area contributed by atoms with Gasteiger partial charge in [0.05, 0.1) is 5.75 Å². The van der Waals surface area contributed by atoms with Crippen LogP contribution in [0.1, 0.15) is 27.2 Å². The summed E-state index contributed by atoms with van der Waals surface area (Å²) in [5, 5.41) is 0. The molecule has 0 aromatic rings. The Balaban J connectivity index is 0. The maximum Gasteiger partial charge on any atom is 0.214 e. The van der Waals surface area contributed by atoms with Crippen LogP contribution in [0.3, 0.4) is 0 Å². The topological polar surface area (TPSA) is 63.4 Å². The molecule has 0 spiro atoms. The molecule has 15 heavy (non-hydrogen) atoms. The Hall–Kier alpha value is 0.160. The number of nitrogens with two attached hydrogens (primary N) is 1. The molecule has 0 bridgehead atoms. The number of halogens is 1. The van der Waals surface area contributed by atoms with Crippen molar-refractivity contribution in [3.05, 3.63) is 0 Å². The molecule has 0 saturated heterocycles. The summed E-state index contributed by atoms with van der Waals surface area (Å²) in [7, 11) is -1.52. The summed E-state index contributed by atoms with van der Waals surface area (Å²) in [5.41, 5.74) is 5.42. The van der Waals surface area contributed by atoms with Gasteiger partial charge in [-0.1, -0.05) is 13.8 Å². The van der Waals surface area contributed by atoms with E-state index < -0.39 is 10.0 Å². The molecule has 0 aliphatic heterocycles. The lowest BCUT2D eigenvalue weighted by Crippen LogP contribution is -2.41. The largest absolute Gasteiger partial charge is 0.329 e. The second kappa shape index (κ2) is 7.44. The predicted molar refractivity (Wildman–Crippen MR) is 66.8 cm³/mol. The lowest BCUT2D eigenvalue weighted by atomic mass is 10.2. The van der Waals surface area contributed by atoms with Gasteiger partial charge in [-0.3, -0.25) is 0 Å². The number of rotatable bonds is 6. The van der Waals surface area contributed by atoms with E-state index in [-0.39, 0.29) is 24.2 Å². The van der Waals surface area contributed by atoms with Crippen LogP contribution in [-0.4, -0.2) is 38.1 Å². The molecule has 0 aliphatic rings. The summed E-state index contributed by atoms with van der Waals surface area (Å²) in [6.07, 6.45) is 0.698. The molecule has 94 valence electrons. The van der Waals surface area contributed by atoms with Gasteiger partial charge in [0.2, 0.25) is 10.0 Å². The highest BCUT2D eigenvalue weighted by Gasteiger charge is 2.21. The van der Waals surface area contributed by atoms with Crippen molar-refractivity contribution in [3.8, 4) is 0 Å². The Morgan fingerprint density at radius 1 is 1.27 bits per heavy atom. The summed E-state index contributed by atoms with van der Waals surface area (Å²) in [5.74, 6) is 0.622. The van der Waals surface area contributed by atoms with Crippen molar-refractivity contribution in [1.29, 1.82) is 0 Å². The van der Waals surface area contributed by atoms with Gasteiger partial charge in [0.1, 0.15) is 0 Å². The summed E-state index contributed by atoms with van der Waals surface area (Å²) < 4.78 is 24.8. The quantitative estimate of drug-likeness (QED) is 0.775. The van der Waals surface area contributed by atoms with E-state index in [1.807, 2.05) is 20.8 Å². The molecule has 4 nitrogen and oxygen atoms in total. The van der Waals surface area contributed by atoms with E-state index in [0.29, 0.717) is 18.9 Å². The van der Waals surface area contributed by atoms with E-state index in [0.717, 1.165) is 0 Å². The highest BCUT2D eigenvalue weighted by Crippen LogP contribution is 2.08. The second-order valence-electron chi connectivity index (χ2n) is 4.10. The minimum atomic E-state index is -3.11. The van der Waals surface area contributed by atoms with Crippen molar-refractivity contribution in [2.45, 2.75) is 33.2 Å². The fourth-order valence-electron chi connectivity index (χ4n) is 0.951. The molecular formula is C9H23ClN2O2S. The third-order valence-electron chi connectivity index (χ3n) is 2.35. The Kier molecular flexibility index (Phi) is 8.70. The second-order valence-corrected chi connectivity index (χ2v) is 6.25. The number of hydrogen-bond acceptors (Lipinski definition) is 3. The zero-order chi connectivity index (χ0) is 11.4. The Labute approximate surface area is 99.7 Å². The lowest BCUT2D eigenvalue weighted by Gasteiger charge is -2.23. The summed E-state index contributed by atoms with van der Waals surface area (Å²) in [6, 6.07) is -0.118. The molecule has 0 heterocycles. The minimum Gasteiger partial charge on any atom is -0.329 e. The average Bonchev–Trinajstić information content (AvgIpc) is 2.12. The summed E-state index contributed by atoms with van der Waals surface area (Å²) in [4.78, 5) is 0. The summed E-state index contributed by atoms with van der Waals surface area (Å²) >= 11 is 0. The van der Waals surface area contributed by atoms with Gasteiger partial charge in [-0.25, -0.2) is 12.7 Å². The van der Waals surface area contributed by atoms with Crippen molar-refractivity contribution < 1.29 is 8.42 Å². The molecule has 0 saturated carbocycles. The van der Waals surface area contributed by atoms with Crippen molar-refractivity contribution in [3.63, 3.8) is 0 Å². The third-order valence-corrected chi connectivity index (χ3v) is 4.34. The van der Waals surface area contributed by atoms with Crippen molar-refractivity contribution in [2.75, 3.05) is 19.3 Å². The number of sulfonamides is 1. The van der Waals surface area contributed by atoms with Gasteiger partial charge in [-0.2, -0.15) is 0 Å². The van der Waals surface area contributed by atoms with Gasteiger partial charge >= 0.3 is 0 Å². The predicted octanol–water partition coefficient (Wildman–Crippen LogP) is 1.06. The van der Waals surface area contributed by atoms with E-state index in [2.05, 4.69) is 0 Å². The van der Waals surface area contributed by atoms with Gasteiger partial charge < -0.3 is 5.73 Å². The molecule has 1 atom stereocenters. The average molecular weight is 259 g/mol. The molecule has 0 amide bonds. The smallest absolute Gasteiger partial charge is 0.214 e. The molecule has 6 heteroatoms. The van der Waals surface area contributed by atoms with Crippen LogP contribution in [0.5, 0.6) is 0 Å². The van der Waals surface area contributed by atoms with Gasteiger partial charge in [0, 0.05) is 19.6 Å². The minimum absolute atomic E-state index is 0. The maximum absolute atomic E-state index is 11.7. The van der Waals surface area contributed by atoms with Gasteiger partial charge in [0.25, 0.3) is 0 Å². The van der Waals surface area contributed by atoms with Crippen molar-refractivity contribution in [2.24, 2.45) is 11.7 Å². The molecule has 0 rings (SSSR count). The van der Waals surface area contributed by atoms with Crippen LogP contribution in [0.25, 0.3) is 0 Å². The zero-order valence-electron chi connectivity index (χ0n) is 9.93. The number of hydrogen-bond donors (Lipinski definition) is 1. The number of nitrogens with zero attached hydrogens (tertiary/aromatic N) is 1. The first-order valence-electron chi connectivity index (χ1n) is 4.97. The first-order chi connectivity index (χ1) is 6.31. The normalized spacial score (nSPS) is 14.1. The van der Waals surface area contributed by atoms with Crippen LogP contribution < -0.4 is 5.73 Å². The van der Waals surface area contributed by atoms with E-state index in [4.69, 9.17) is 5.73 Å². The fourth-order valence-corrected chi connectivity index (χ4v) is 2.64. The summed E-state index contributed by atoms with van der Waals surface area (Å²) in [6.45, 7) is 6.20. The van der Waals surface area contributed by atoms with Crippen molar-refractivity contribution in [1.82, 2.24) is 4.31 Å². The van der Waals surface area contributed by atoms with Crippen LogP contribution in [-0.2, 0) is 10.0 Å². The fraction of sp³-hybridized carbons (Fsp3) is 1.00. The standard InChI is InChI=1S/C9H22N2O2S.ClH/c1-8(2)5-6-14(12,13)11(4)9(3)7-10;/h8-9H,5-7,10H2,1-4H3;1H.